The van der Waals surface area contributed by atoms with E-state index in [-0.39, 0.29) is 35.5 Å². The van der Waals surface area contributed by atoms with E-state index in [4.69, 9.17) is 4.74 Å². The van der Waals surface area contributed by atoms with E-state index in [1.165, 1.54) is 6.92 Å². The molecule has 0 aromatic heterocycles. The zero-order valence-corrected chi connectivity index (χ0v) is 18.8. The summed E-state index contributed by atoms with van der Waals surface area (Å²) >= 11 is 3.47. The number of imide groups is 1. The molecule has 30 heavy (non-hydrogen) atoms. The lowest BCUT2D eigenvalue weighted by Crippen LogP contribution is -2.45. The molecule has 2 saturated carbocycles. The van der Waals surface area contributed by atoms with Crippen molar-refractivity contribution < 1.29 is 23.9 Å². The van der Waals surface area contributed by atoms with E-state index in [9.17, 15) is 19.2 Å². The van der Waals surface area contributed by atoms with Crippen molar-refractivity contribution in [3.05, 3.63) is 27.7 Å². The summed E-state index contributed by atoms with van der Waals surface area (Å²) in [6.07, 6.45) is 2.90. The molecule has 2 aliphatic carbocycles. The van der Waals surface area contributed by atoms with Gasteiger partial charge in [-0.15, -0.1) is 0 Å². The van der Waals surface area contributed by atoms with Crippen LogP contribution in [0.5, 0.6) is 0 Å². The van der Waals surface area contributed by atoms with E-state index in [2.05, 4.69) is 21.2 Å². The standard InChI is InChI=1S/C22H25BrN2O5/c1-10-6-15(7-11(2)19(10)23)24-16(26)9-30-22(29)12(3)25-20(27)17-13-4-5-14(8-13)18(17)21(25)28/h6-7,12-14,17-18H,4-5,8-9H2,1-3H3,(H,24,26)/t12-,13-,14-,17-,18+/m0/s1. The summed E-state index contributed by atoms with van der Waals surface area (Å²) in [6, 6.07) is 2.60. The van der Waals surface area contributed by atoms with Crippen molar-refractivity contribution in [2.24, 2.45) is 23.7 Å². The molecule has 1 saturated heterocycles. The number of ether oxygens (including phenoxy) is 1. The third-order valence-electron chi connectivity index (χ3n) is 6.76. The van der Waals surface area contributed by atoms with Crippen LogP contribution in [-0.4, -0.2) is 41.2 Å². The molecule has 8 heteroatoms. The smallest absolute Gasteiger partial charge is 0.329 e. The van der Waals surface area contributed by atoms with Crippen molar-refractivity contribution >= 4 is 45.3 Å². The van der Waals surface area contributed by atoms with Gasteiger partial charge in [0.2, 0.25) is 11.8 Å². The molecular weight excluding hydrogens is 452 g/mol. The van der Waals surface area contributed by atoms with Crippen LogP contribution in [0, 0.1) is 37.5 Å². The second-order valence-electron chi connectivity index (χ2n) is 8.69. The molecule has 3 aliphatic rings. The minimum Gasteiger partial charge on any atom is -0.454 e. The van der Waals surface area contributed by atoms with Crippen LogP contribution in [0.1, 0.15) is 37.3 Å². The molecular formula is C22H25BrN2O5. The number of rotatable bonds is 5. The van der Waals surface area contributed by atoms with Gasteiger partial charge in [0.1, 0.15) is 6.04 Å². The lowest BCUT2D eigenvalue weighted by molar-refractivity contribution is -0.159. The average molecular weight is 477 g/mol. The Bertz CT molecular complexity index is 894. The highest BCUT2D eigenvalue weighted by molar-refractivity contribution is 9.10. The fourth-order valence-electron chi connectivity index (χ4n) is 5.39. The maximum atomic E-state index is 12.8. The normalized spacial score (nSPS) is 27.9. The maximum Gasteiger partial charge on any atom is 0.329 e. The van der Waals surface area contributed by atoms with E-state index in [1.807, 2.05) is 26.0 Å². The summed E-state index contributed by atoms with van der Waals surface area (Å²) in [5, 5.41) is 2.70. The van der Waals surface area contributed by atoms with Gasteiger partial charge in [-0.05, 0) is 75.1 Å². The molecule has 160 valence electrons. The summed E-state index contributed by atoms with van der Waals surface area (Å²) in [7, 11) is 0. The van der Waals surface area contributed by atoms with Crippen molar-refractivity contribution in [2.75, 3.05) is 11.9 Å². The molecule has 0 spiro atoms. The predicted molar refractivity (Wildman–Crippen MR) is 112 cm³/mol. The lowest BCUT2D eigenvalue weighted by Gasteiger charge is -2.23. The van der Waals surface area contributed by atoms with E-state index in [0.29, 0.717) is 5.69 Å². The summed E-state index contributed by atoms with van der Waals surface area (Å²) in [5.41, 5.74) is 2.55. The highest BCUT2D eigenvalue weighted by Gasteiger charge is 2.62. The summed E-state index contributed by atoms with van der Waals surface area (Å²) in [6.45, 7) is 4.84. The Kier molecular flexibility index (Phi) is 5.46. The molecule has 7 nitrogen and oxygen atoms in total. The number of nitrogens with zero attached hydrogens (tertiary/aromatic N) is 1. The molecule has 1 N–H and O–H groups in total. The van der Waals surface area contributed by atoms with Gasteiger partial charge in [-0.1, -0.05) is 15.9 Å². The Morgan fingerprint density at radius 1 is 1.13 bits per heavy atom. The van der Waals surface area contributed by atoms with Crippen LogP contribution in [0.4, 0.5) is 5.69 Å². The Morgan fingerprint density at radius 3 is 2.20 bits per heavy atom. The number of anilines is 1. The van der Waals surface area contributed by atoms with Crippen LogP contribution < -0.4 is 5.32 Å². The fourth-order valence-corrected chi connectivity index (χ4v) is 5.62. The van der Waals surface area contributed by atoms with Gasteiger partial charge in [-0.25, -0.2) is 4.79 Å². The number of fused-ring (bicyclic) bond motifs is 5. The van der Waals surface area contributed by atoms with Crippen molar-refractivity contribution in [3.8, 4) is 0 Å². The number of carbonyl (C=O) groups is 4. The van der Waals surface area contributed by atoms with Gasteiger partial charge >= 0.3 is 5.97 Å². The summed E-state index contributed by atoms with van der Waals surface area (Å²) in [4.78, 5) is 51.4. The number of carbonyl (C=O) groups excluding carboxylic acids is 4. The van der Waals surface area contributed by atoms with Crippen LogP contribution in [0.25, 0.3) is 0 Å². The first kappa shape index (κ1) is 21.0. The monoisotopic (exact) mass is 476 g/mol. The van der Waals surface area contributed by atoms with Crippen molar-refractivity contribution in [2.45, 2.75) is 46.1 Å². The second-order valence-corrected chi connectivity index (χ2v) is 9.48. The molecule has 1 aromatic carbocycles. The predicted octanol–water partition coefficient (Wildman–Crippen LogP) is 2.97. The highest BCUT2D eigenvalue weighted by Crippen LogP contribution is 2.56. The number of amides is 3. The molecule has 0 radical (unpaired) electrons. The zero-order chi connectivity index (χ0) is 21.7. The van der Waals surface area contributed by atoms with Crippen LogP contribution in [0.3, 0.4) is 0 Å². The average Bonchev–Trinajstić information content (AvgIpc) is 3.37. The Morgan fingerprint density at radius 2 is 1.67 bits per heavy atom. The Hall–Kier alpha value is -2.22. The van der Waals surface area contributed by atoms with Gasteiger partial charge in [-0.2, -0.15) is 0 Å². The number of hydrogen-bond acceptors (Lipinski definition) is 5. The van der Waals surface area contributed by atoms with E-state index < -0.39 is 24.5 Å². The first-order chi connectivity index (χ1) is 14.2. The van der Waals surface area contributed by atoms with Gasteiger partial charge in [0.25, 0.3) is 5.91 Å². The third-order valence-corrected chi connectivity index (χ3v) is 8.01. The van der Waals surface area contributed by atoms with Crippen LogP contribution in [0.2, 0.25) is 0 Å². The van der Waals surface area contributed by atoms with Gasteiger partial charge in [0, 0.05) is 10.2 Å². The van der Waals surface area contributed by atoms with Gasteiger partial charge in [-0.3, -0.25) is 19.3 Å². The van der Waals surface area contributed by atoms with Gasteiger partial charge in [0.15, 0.2) is 6.61 Å². The number of hydrogen-bond donors (Lipinski definition) is 1. The molecule has 2 bridgehead atoms. The number of likely N-dealkylation sites (tertiary alicyclic amines) is 1. The maximum absolute atomic E-state index is 12.8. The lowest BCUT2D eigenvalue weighted by atomic mass is 9.81. The third kappa shape index (κ3) is 3.45. The van der Waals surface area contributed by atoms with E-state index in [0.717, 1.165) is 39.8 Å². The fraction of sp³-hybridized carbons (Fsp3) is 0.545. The minimum atomic E-state index is -1.03. The molecule has 1 heterocycles. The number of halogens is 1. The number of esters is 1. The van der Waals surface area contributed by atoms with Crippen molar-refractivity contribution in [1.82, 2.24) is 4.90 Å². The van der Waals surface area contributed by atoms with Crippen molar-refractivity contribution in [1.29, 1.82) is 0 Å². The zero-order valence-electron chi connectivity index (χ0n) is 17.2. The largest absolute Gasteiger partial charge is 0.454 e. The van der Waals surface area contributed by atoms with Crippen LogP contribution >= 0.6 is 15.9 Å². The van der Waals surface area contributed by atoms with E-state index >= 15 is 0 Å². The second kappa shape index (κ2) is 7.80. The van der Waals surface area contributed by atoms with Crippen LogP contribution in [-0.2, 0) is 23.9 Å². The summed E-state index contributed by atoms with van der Waals surface area (Å²) < 4.78 is 6.09. The number of aryl methyl sites for hydroxylation is 2. The molecule has 3 amide bonds. The molecule has 1 aliphatic heterocycles. The molecule has 3 fully saturated rings. The molecule has 5 atom stereocenters. The van der Waals surface area contributed by atoms with Gasteiger partial charge < -0.3 is 10.1 Å². The minimum absolute atomic E-state index is 0.257. The van der Waals surface area contributed by atoms with Gasteiger partial charge in [0.05, 0.1) is 11.8 Å². The summed E-state index contributed by atoms with van der Waals surface area (Å²) in [5.74, 6) is -1.79. The van der Waals surface area contributed by atoms with E-state index in [1.54, 1.807) is 0 Å². The topological polar surface area (TPSA) is 92.8 Å². The first-order valence-electron chi connectivity index (χ1n) is 10.3. The number of nitrogens with one attached hydrogen (secondary N) is 1. The molecule has 0 unspecified atom stereocenters. The molecule has 1 aromatic rings. The van der Waals surface area contributed by atoms with Crippen molar-refractivity contribution in [3.63, 3.8) is 0 Å². The highest BCUT2D eigenvalue weighted by atomic mass is 79.9. The number of benzene rings is 1. The molecule has 4 rings (SSSR count). The first-order valence-corrected chi connectivity index (χ1v) is 11.1. The Labute approximate surface area is 183 Å². The Balaban J connectivity index is 1.34. The van der Waals surface area contributed by atoms with Crippen LogP contribution in [0.15, 0.2) is 16.6 Å². The quantitative estimate of drug-likeness (QED) is 0.520. The SMILES string of the molecule is Cc1cc(NC(=O)COC(=O)[C@H](C)N2C(=O)[C@@H]3[C@H]4CC[C@@H](C4)[C@@H]3C2=O)cc(C)c1Br.